The van der Waals surface area contributed by atoms with E-state index in [9.17, 15) is 0 Å². The van der Waals surface area contributed by atoms with E-state index in [1.54, 1.807) is 12.1 Å². The number of fused-ring (bicyclic) bond motifs is 1. The van der Waals surface area contributed by atoms with E-state index >= 15 is 0 Å². The van der Waals surface area contributed by atoms with E-state index in [1.165, 1.54) is 0 Å². The molecule has 1 aromatic heterocycles. The largest absolute Gasteiger partial charge is 0.252 e. The molecule has 14 heavy (non-hydrogen) atoms. The van der Waals surface area contributed by atoms with Crippen LogP contribution in [-0.2, 0) is 0 Å². The number of nitrogens with zero attached hydrogens (tertiary/aromatic N) is 1. The van der Waals surface area contributed by atoms with Gasteiger partial charge in [0.15, 0.2) is 0 Å². The standard InChI is InChI=1S/C11H5BrClN/c1-6-7(2)14-10-5-8(13)3-4-9(10)11(6)12/h1-5H. The molecule has 0 atom stereocenters. The van der Waals surface area contributed by atoms with Crippen molar-refractivity contribution in [3.63, 3.8) is 0 Å². The van der Waals surface area contributed by atoms with Crippen molar-refractivity contribution in [3.05, 3.63) is 52.8 Å². The summed E-state index contributed by atoms with van der Waals surface area (Å²) in [4.78, 5) is 4.14. The number of hydrogen-bond acceptors (Lipinski definition) is 1. The molecular weight excluding hydrogens is 261 g/mol. The maximum Gasteiger partial charge on any atom is 0.0731 e. The molecule has 0 aliphatic rings. The Hall–Kier alpha value is -0.600. The Kier molecular flexibility index (Phi) is 2.50. The Morgan fingerprint density at radius 2 is 2.00 bits per heavy atom. The molecule has 0 N–H and O–H groups in total. The molecule has 1 heterocycles. The zero-order valence-electron chi connectivity index (χ0n) is 7.09. The van der Waals surface area contributed by atoms with Crippen molar-refractivity contribution in [1.82, 2.24) is 4.98 Å². The highest BCUT2D eigenvalue weighted by Gasteiger charge is 2.07. The molecule has 0 spiro atoms. The van der Waals surface area contributed by atoms with E-state index in [1.807, 2.05) is 6.07 Å². The van der Waals surface area contributed by atoms with Gasteiger partial charge in [0.25, 0.3) is 0 Å². The van der Waals surface area contributed by atoms with Crippen molar-refractivity contribution in [3.8, 4) is 0 Å². The summed E-state index contributed by atoms with van der Waals surface area (Å²) in [7, 11) is 0. The molecule has 0 saturated carbocycles. The van der Waals surface area contributed by atoms with Crippen LogP contribution in [0.3, 0.4) is 0 Å². The summed E-state index contributed by atoms with van der Waals surface area (Å²) in [5, 5.41) is 1.53. The lowest BCUT2D eigenvalue weighted by Gasteiger charge is -2.06. The van der Waals surface area contributed by atoms with Gasteiger partial charge in [0.05, 0.1) is 11.2 Å². The molecule has 0 aliphatic heterocycles. The fourth-order valence-corrected chi connectivity index (χ4v) is 1.94. The van der Waals surface area contributed by atoms with Crippen LogP contribution in [0.15, 0.2) is 22.7 Å². The third-order valence-electron chi connectivity index (χ3n) is 1.95. The number of hydrogen-bond donors (Lipinski definition) is 0. The topological polar surface area (TPSA) is 12.9 Å². The number of rotatable bonds is 0. The summed E-state index contributed by atoms with van der Waals surface area (Å²) in [6, 6.07) is 5.38. The van der Waals surface area contributed by atoms with Crippen LogP contribution in [0.25, 0.3) is 10.9 Å². The minimum Gasteiger partial charge on any atom is -0.252 e. The van der Waals surface area contributed by atoms with Crippen molar-refractivity contribution >= 4 is 38.4 Å². The van der Waals surface area contributed by atoms with Gasteiger partial charge < -0.3 is 0 Å². The van der Waals surface area contributed by atoms with E-state index in [0.717, 1.165) is 15.4 Å². The molecule has 2 aromatic rings. The lowest BCUT2D eigenvalue weighted by atomic mass is 10.1. The molecule has 0 bridgehead atoms. The van der Waals surface area contributed by atoms with E-state index in [-0.39, 0.29) is 0 Å². The number of aromatic nitrogens is 1. The SMILES string of the molecule is [CH]c1nc2cc(Cl)ccc2c(Br)c1[CH]. The summed E-state index contributed by atoms with van der Waals surface area (Å²) in [5.41, 5.74) is 1.50. The van der Waals surface area contributed by atoms with E-state index in [0.29, 0.717) is 16.3 Å². The lowest BCUT2D eigenvalue weighted by molar-refractivity contribution is 1.30. The summed E-state index contributed by atoms with van der Waals surface area (Å²) in [5.74, 6) is 0. The van der Waals surface area contributed by atoms with Crippen LogP contribution in [0.1, 0.15) is 11.3 Å². The van der Waals surface area contributed by atoms with Crippen molar-refractivity contribution < 1.29 is 0 Å². The lowest BCUT2D eigenvalue weighted by Crippen LogP contribution is -1.90. The van der Waals surface area contributed by atoms with Gasteiger partial charge in [-0.1, -0.05) is 17.7 Å². The van der Waals surface area contributed by atoms with Gasteiger partial charge in [0.2, 0.25) is 0 Å². The maximum atomic E-state index is 5.84. The minimum atomic E-state index is 0.312. The molecule has 2 rings (SSSR count). The van der Waals surface area contributed by atoms with Crippen LogP contribution in [0.4, 0.5) is 0 Å². The number of halogens is 2. The van der Waals surface area contributed by atoms with Gasteiger partial charge in [-0.25, -0.2) is 0 Å². The second-order valence-corrected chi connectivity index (χ2v) is 4.12. The van der Waals surface area contributed by atoms with Gasteiger partial charge in [-0.15, -0.1) is 0 Å². The Balaban J connectivity index is 2.91. The first kappa shape index (κ1) is 9.94. The molecule has 3 heteroatoms. The molecule has 0 fully saturated rings. The third kappa shape index (κ3) is 1.53. The Bertz CT molecular complexity index is 508. The van der Waals surface area contributed by atoms with Crippen molar-refractivity contribution in [2.24, 2.45) is 0 Å². The molecule has 1 nitrogen and oxygen atoms in total. The first-order valence-electron chi connectivity index (χ1n) is 3.89. The molecule has 1 aromatic carbocycles. The highest BCUT2D eigenvalue weighted by atomic mass is 79.9. The molecular formula is C11H5BrClN. The smallest absolute Gasteiger partial charge is 0.0731 e. The predicted molar refractivity (Wildman–Crippen MR) is 61.3 cm³/mol. The molecule has 0 amide bonds. The van der Waals surface area contributed by atoms with Gasteiger partial charge in [0.1, 0.15) is 0 Å². The minimum absolute atomic E-state index is 0.312. The second-order valence-electron chi connectivity index (χ2n) is 2.89. The van der Waals surface area contributed by atoms with E-state index < -0.39 is 0 Å². The Morgan fingerprint density at radius 1 is 1.29 bits per heavy atom. The predicted octanol–water partition coefficient (Wildman–Crippen LogP) is 3.77. The fourth-order valence-electron chi connectivity index (χ4n) is 1.23. The first-order chi connectivity index (χ1) is 6.59. The van der Waals surface area contributed by atoms with Crippen LogP contribution < -0.4 is 0 Å². The summed E-state index contributed by atoms with van der Waals surface area (Å²) < 4.78 is 0.761. The van der Waals surface area contributed by atoms with Gasteiger partial charge >= 0.3 is 0 Å². The van der Waals surface area contributed by atoms with Gasteiger partial charge in [-0.3, -0.25) is 4.98 Å². The van der Waals surface area contributed by atoms with E-state index in [4.69, 9.17) is 25.4 Å². The van der Waals surface area contributed by atoms with Crippen LogP contribution in [-0.4, -0.2) is 4.98 Å². The van der Waals surface area contributed by atoms with Crippen LogP contribution in [0.2, 0.25) is 5.02 Å². The highest BCUT2D eigenvalue weighted by molar-refractivity contribution is 9.10. The Morgan fingerprint density at radius 3 is 2.71 bits per heavy atom. The van der Waals surface area contributed by atoms with Crippen molar-refractivity contribution in [2.45, 2.75) is 0 Å². The molecule has 0 saturated heterocycles. The van der Waals surface area contributed by atoms with Crippen LogP contribution in [0.5, 0.6) is 0 Å². The number of benzene rings is 1. The zero-order chi connectivity index (χ0) is 10.3. The summed E-state index contributed by atoms with van der Waals surface area (Å²) >= 11 is 9.20. The second kappa shape index (κ2) is 3.52. The average Bonchev–Trinajstić information content (AvgIpc) is 2.14. The molecule has 68 valence electrons. The van der Waals surface area contributed by atoms with Crippen LogP contribution in [0, 0.1) is 13.8 Å². The van der Waals surface area contributed by atoms with E-state index in [2.05, 4.69) is 20.9 Å². The van der Waals surface area contributed by atoms with Crippen LogP contribution >= 0.6 is 27.5 Å². The summed E-state index contributed by atoms with van der Waals surface area (Å²) in [6.07, 6.45) is 0. The normalized spacial score (nSPS) is 10.9. The van der Waals surface area contributed by atoms with Crippen molar-refractivity contribution in [2.75, 3.05) is 0 Å². The summed E-state index contributed by atoms with van der Waals surface area (Å²) in [6.45, 7) is 11.3. The van der Waals surface area contributed by atoms with Gasteiger partial charge in [-0.2, -0.15) is 0 Å². The van der Waals surface area contributed by atoms with Gasteiger partial charge in [-0.05, 0) is 33.6 Å². The molecule has 4 radical (unpaired) electrons. The fraction of sp³-hybridized carbons (Fsp3) is 0. The monoisotopic (exact) mass is 265 g/mol. The highest BCUT2D eigenvalue weighted by Crippen LogP contribution is 2.29. The quantitative estimate of drug-likeness (QED) is 0.707. The zero-order valence-corrected chi connectivity index (χ0v) is 9.43. The molecule has 0 aliphatic carbocycles. The maximum absolute atomic E-state index is 5.84. The third-order valence-corrected chi connectivity index (χ3v) is 3.04. The van der Waals surface area contributed by atoms with Crippen molar-refractivity contribution in [1.29, 1.82) is 0 Å². The molecule has 0 unspecified atom stereocenters. The first-order valence-corrected chi connectivity index (χ1v) is 5.06. The van der Waals surface area contributed by atoms with Gasteiger partial charge in [0, 0.05) is 28.7 Å². The average molecular weight is 267 g/mol. The Labute approximate surface area is 96.2 Å². The number of pyridine rings is 1.